The third-order valence-electron chi connectivity index (χ3n) is 5.64. The summed E-state index contributed by atoms with van der Waals surface area (Å²) in [6.07, 6.45) is 4.23. The van der Waals surface area contributed by atoms with Crippen LogP contribution >= 0.6 is 0 Å². The number of amides is 1. The van der Waals surface area contributed by atoms with Crippen LogP contribution in [0.25, 0.3) is 0 Å². The molecule has 0 radical (unpaired) electrons. The highest BCUT2D eigenvalue weighted by molar-refractivity contribution is 6.20. The summed E-state index contributed by atoms with van der Waals surface area (Å²) in [6, 6.07) is 9.24. The Kier molecular flexibility index (Phi) is 7.23. The number of carbonyl (C=O) groups excluding carboxylic acids is 1. The van der Waals surface area contributed by atoms with Crippen molar-refractivity contribution in [1.29, 1.82) is 5.26 Å². The second kappa shape index (κ2) is 10.1. The number of halogens is 2. The van der Waals surface area contributed by atoms with Crippen LogP contribution in [0.3, 0.4) is 0 Å². The third kappa shape index (κ3) is 5.83. The molecule has 33 heavy (non-hydrogen) atoms. The van der Waals surface area contributed by atoms with E-state index in [1.54, 1.807) is 13.0 Å². The number of aliphatic imine (C=N–C) groups is 1. The molecule has 0 spiro atoms. The SMILES string of the molecule is Cc1cc(N2CCC(CC#N)(N/C=C(/C(N)=O)C(N)=Nc3ccc(F)cc3)CC2)cnc1F. The van der Waals surface area contributed by atoms with Gasteiger partial charge in [-0.15, -0.1) is 0 Å². The second-order valence-corrected chi connectivity index (χ2v) is 7.94. The number of amidine groups is 1. The van der Waals surface area contributed by atoms with Crippen molar-refractivity contribution in [3.63, 3.8) is 0 Å². The van der Waals surface area contributed by atoms with Gasteiger partial charge in [-0.1, -0.05) is 0 Å². The number of benzene rings is 1. The normalized spacial score (nSPS) is 16.2. The summed E-state index contributed by atoms with van der Waals surface area (Å²) in [5.74, 6) is -1.83. The van der Waals surface area contributed by atoms with Crippen LogP contribution in [0, 0.1) is 30.0 Å². The molecule has 1 aliphatic rings. The summed E-state index contributed by atoms with van der Waals surface area (Å²) in [5, 5.41) is 12.6. The third-order valence-corrected chi connectivity index (χ3v) is 5.64. The van der Waals surface area contributed by atoms with Gasteiger partial charge in [0.15, 0.2) is 0 Å². The zero-order valence-corrected chi connectivity index (χ0v) is 18.2. The lowest BCUT2D eigenvalue weighted by Crippen LogP contribution is -2.52. The summed E-state index contributed by atoms with van der Waals surface area (Å²) < 4.78 is 26.6. The predicted octanol–water partition coefficient (Wildman–Crippen LogP) is 2.57. The Balaban J connectivity index is 1.77. The Morgan fingerprint density at radius 1 is 1.30 bits per heavy atom. The maximum absolute atomic E-state index is 13.5. The number of nitriles is 1. The molecule has 8 nitrogen and oxygen atoms in total. The molecule has 0 atom stereocenters. The maximum Gasteiger partial charge on any atom is 0.253 e. The number of aryl methyl sites for hydroxylation is 1. The first-order valence-electron chi connectivity index (χ1n) is 10.3. The van der Waals surface area contributed by atoms with Gasteiger partial charge in [-0.25, -0.2) is 14.4 Å². The Bertz CT molecular complexity index is 1110. The molecular weight excluding hydrogens is 428 g/mol. The average molecular weight is 453 g/mol. The molecule has 1 fully saturated rings. The van der Waals surface area contributed by atoms with Crippen molar-refractivity contribution in [2.24, 2.45) is 16.5 Å². The van der Waals surface area contributed by atoms with Crippen LogP contribution in [0.4, 0.5) is 20.2 Å². The van der Waals surface area contributed by atoms with Crippen LogP contribution in [0.15, 0.2) is 53.3 Å². The molecule has 5 N–H and O–H groups in total. The Labute approximate surface area is 190 Å². The van der Waals surface area contributed by atoms with E-state index < -0.39 is 23.2 Å². The van der Waals surface area contributed by atoms with Crippen LogP contribution in [0.5, 0.6) is 0 Å². The van der Waals surface area contributed by atoms with E-state index in [4.69, 9.17) is 11.5 Å². The molecule has 2 heterocycles. The molecular formula is C23H25F2N7O. The number of pyridine rings is 1. The van der Waals surface area contributed by atoms with E-state index >= 15 is 0 Å². The van der Waals surface area contributed by atoms with E-state index in [1.807, 2.05) is 0 Å². The van der Waals surface area contributed by atoms with Gasteiger partial charge in [-0.2, -0.15) is 9.65 Å². The minimum Gasteiger partial charge on any atom is -0.384 e. The molecule has 0 bridgehead atoms. The molecule has 1 aromatic heterocycles. The van der Waals surface area contributed by atoms with E-state index in [1.165, 1.54) is 36.7 Å². The molecule has 2 aromatic rings. The van der Waals surface area contributed by atoms with Gasteiger partial charge in [-0.05, 0) is 50.1 Å². The predicted molar refractivity (Wildman–Crippen MR) is 121 cm³/mol. The van der Waals surface area contributed by atoms with Crippen LogP contribution in [-0.4, -0.2) is 35.4 Å². The van der Waals surface area contributed by atoms with Gasteiger partial charge in [0.25, 0.3) is 5.91 Å². The van der Waals surface area contributed by atoms with Crippen molar-refractivity contribution in [2.45, 2.75) is 31.7 Å². The lowest BCUT2D eigenvalue weighted by atomic mass is 9.84. The number of rotatable bonds is 7. The quantitative estimate of drug-likeness (QED) is 0.255. The Morgan fingerprint density at radius 3 is 2.55 bits per heavy atom. The number of anilines is 1. The summed E-state index contributed by atoms with van der Waals surface area (Å²) >= 11 is 0. The van der Waals surface area contributed by atoms with Gasteiger partial charge < -0.3 is 21.7 Å². The molecule has 172 valence electrons. The molecule has 0 saturated carbocycles. The smallest absolute Gasteiger partial charge is 0.253 e. The molecule has 0 aliphatic carbocycles. The fraction of sp³-hybridized carbons (Fsp3) is 0.304. The summed E-state index contributed by atoms with van der Waals surface area (Å²) in [7, 11) is 0. The van der Waals surface area contributed by atoms with Crippen LogP contribution < -0.4 is 21.7 Å². The van der Waals surface area contributed by atoms with Crippen LogP contribution in [-0.2, 0) is 4.79 Å². The van der Waals surface area contributed by atoms with Crippen molar-refractivity contribution in [3.8, 4) is 6.07 Å². The Hall–Kier alpha value is -4.00. The monoisotopic (exact) mass is 453 g/mol. The Morgan fingerprint density at radius 2 is 1.97 bits per heavy atom. The average Bonchev–Trinajstić information content (AvgIpc) is 2.78. The standard InChI is InChI=1S/C23H25F2N7O/c1-15-12-18(13-29-20(15)25)32-10-7-23(6-9-26,8-11-32)30-14-19(22(28)33)21(27)31-17-4-2-16(24)3-5-17/h2-5,12-14,30H,6-8,10-11H2,1H3,(H2,27,31)(H2,28,33)/b19-14+. The van der Waals surface area contributed by atoms with Crippen LogP contribution in [0.2, 0.25) is 0 Å². The van der Waals surface area contributed by atoms with E-state index in [-0.39, 0.29) is 17.8 Å². The number of carbonyl (C=O) groups is 1. The highest BCUT2D eigenvalue weighted by Gasteiger charge is 2.34. The zero-order valence-electron chi connectivity index (χ0n) is 18.2. The molecule has 3 rings (SSSR count). The maximum atomic E-state index is 13.5. The minimum atomic E-state index is -0.789. The van der Waals surface area contributed by atoms with Gasteiger partial charge >= 0.3 is 0 Å². The first kappa shape index (κ1) is 23.7. The molecule has 0 unspecified atom stereocenters. The molecule has 10 heteroatoms. The lowest BCUT2D eigenvalue weighted by Gasteiger charge is -2.42. The van der Waals surface area contributed by atoms with E-state index in [0.717, 1.165) is 5.69 Å². The number of hydrogen-bond donors (Lipinski definition) is 3. The number of hydrogen-bond acceptors (Lipinski definition) is 6. The second-order valence-electron chi connectivity index (χ2n) is 7.94. The first-order valence-corrected chi connectivity index (χ1v) is 10.3. The highest BCUT2D eigenvalue weighted by Crippen LogP contribution is 2.29. The number of nitrogens with zero attached hydrogens (tertiary/aromatic N) is 4. The number of piperidine rings is 1. The van der Waals surface area contributed by atoms with Crippen molar-refractivity contribution in [3.05, 3.63) is 65.6 Å². The van der Waals surface area contributed by atoms with E-state index in [2.05, 4.69) is 26.3 Å². The number of nitrogens with one attached hydrogen (secondary N) is 1. The van der Waals surface area contributed by atoms with Gasteiger partial charge in [0.1, 0.15) is 11.7 Å². The van der Waals surface area contributed by atoms with Crippen molar-refractivity contribution in [1.82, 2.24) is 10.3 Å². The van der Waals surface area contributed by atoms with Gasteiger partial charge in [0.05, 0.1) is 41.2 Å². The molecule has 1 saturated heterocycles. The van der Waals surface area contributed by atoms with E-state index in [9.17, 15) is 18.8 Å². The summed E-state index contributed by atoms with van der Waals surface area (Å²) in [6.45, 7) is 2.85. The van der Waals surface area contributed by atoms with Gasteiger partial charge in [0.2, 0.25) is 5.95 Å². The van der Waals surface area contributed by atoms with Crippen LogP contribution in [0.1, 0.15) is 24.8 Å². The van der Waals surface area contributed by atoms with E-state index in [0.29, 0.717) is 37.2 Å². The summed E-state index contributed by atoms with van der Waals surface area (Å²) in [4.78, 5) is 22.0. The van der Waals surface area contributed by atoms with Crippen molar-refractivity contribution < 1.29 is 13.6 Å². The number of nitrogens with two attached hydrogens (primary N) is 2. The fourth-order valence-corrected chi connectivity index (χ4v) is 3.64. The topological polar surface area (TPSA) is 133 Å². The number of primary amides is 1. The molecule has 1 aliphatic heterocycles. The highest BCUT2D eigenvalue weighted by atomic mass is 19.1. The zero-order chi connectivity index (χ0) is 24.0. The lowest BCUT2D eigenvalue weighted by molar-refractivity contribution is -0.114. The van der Waals surface area contributed by atoms with Gasteiger partial charge in [0, 0.05) is 24.9 Å². The molecule has 1 amide bonds. The first-order chi connectivity index (χ1) is 15.7. The number of aromatic nitrogens is 1. The fourth-order valence-electron chi connectivity index (χ4n) is 3.64. The van der Waals surface area contributed by atoms with Gasteiger partial charge in [-0.3, -0.25) is 4.79 Å². The largest absolute Gasteiger partial charge is 0.384 e. The summed E-state index contributed by atoms with van der Waals surface area (Å²) in [5.41, 5.74) is 12.5. The minimum absolute atomic E-state index is 0.0440. The van der Waals surface area contributed by atoms with Crippen molar-refractivity contribution in [2.75, 3.05) is 18.0 Å². The van der Waals surface area contributed by atoms with Crippen molar-refractivity contribution >= 4 is 23.1 Å². The molecule has 1 aromatic carbocycles.